The van der Waals surface area contributed by atoms with Gasteiger partial charge in [-0.1, -0.05) is 19.1 Å². The second kappa shape index (κ2) is 8.18. The largest absolute Gasteiger partial charge is 0.481 e. The minimum absolute atomic E-state index is 0.0236. The zero-order valence-corrected chi connectivity index (χ0v) is 15.9. The van der Waals surface area contributed by atoms with Gasteiger partial charge in [0.15, 0.2) is 9.84 Å². The number of benzene rings is 1. The van der Waals surface area contributed by atoms with Gasteiger partial charge in [0.05, 0.1) is 23.7 Å². The predicted molar refractivity (Wildman–Crippen MR) is 95.6 cm³/mol. The topological polar surface area (TPSA) is 101 Å². The molecular formula is C18H25NO6S. The van der Waals surface area contributed by atoms with E-state index in [-0.39, 0.29) is 36.1 Å². The van der Waals surface area contributed by atoms with Crippen LogP contribution >= 0.6 is 0 Å². The minimum atomic E-state index is -3.27. The highest BCUT2D eigenvalue weighted by Gasteiger charge is 2.43. The lowest BCUT2D eigenvalue weighted by Crippen LogP contribution is -2.52. The molecule has 0 aliphatic carbocycles. The van der Waals surface area contributed by atoms with Gasteiger partial charge in [-0.3, -0.25) is 9.59 Å². The minimum Gasteiger partial charge on any atom is -0.481 e. The molecule has 1 atom stereocenters. The van der Waals surface area contributed by atoms with Gasteiger partial charge in [0, 0.05) is 20.2 Å². The van der Waals surface area contributed by atoms with E-state index >= 15 is 0 Å². The van der Waals surface area contributed by atoms with E-state index in [2.05, 4.69) is 0 Å². The standard InChI is InChI=1S/C18H25NO6S/c1-3-26(23,24)15-7-5-14(6-8-15)11-16(20)19-10-4-9-18(12-19,13-25-2)17(21)22/h5-8H,3-4,9-13H2,1-2H3,(H,21,22). The van der Waals surface area contributed by atoms with Gasteiger partial charge in [-0.25, -0.2) is 8.42 Å². The third-order valence-corrected chi connectivity index (χ3v) is 6.57. The molecule has 1 amide bonds. The molecule has 0 spiro atoms. The number of ether oxygens (including phenoxy) is 1. The predicted octanol–water partition coefficient (Wildman–Crippen LogP) is 1.36. The van der Waals surface area contributed by atoms with Gasteiger partial charge in [-0.2, -0.15) is 0 Å². The van der Waals surface area contributed by atoms with Crippen molar-refractivity contribution in [2.24, 2.45) is 5.41 Å². The summed E-state index contributed by atoms with van der Waals surface area (Å²) in [5.41, 5.74) is -0.370. The Morgan fingerprint density at radius 2 is 1.92 bits per heavy atom. The Bertz CT molecular complexity index is 754. The fourth-order valence-electron chi connectivity index (χ4n) is 3.24. The first kappa shape index (κ1) is 20.4. The zero-order chi connectivity index (χ0) is 19.4. The highest BCUT2D eigenvalue weighted by Crippen LogP contribution is 2.31. The van der Waals surface area contributed by atoms with Crippen LogP contribution in [0.3, 0.4) is 0 Å². The fourth-order valence-corrected chi connectivity index (χ4v) is 4.13. The van der Waals surface area contributed by atoms with E-state index in [4.69, 9.17) is 4.74 Å². The summed E-state index contributed by atoms with van der Waals surface area (Å²) >= 11 is 0. The van der Waals surface area contributed by atoms with Crippen molar-refractivity contribution >= 4 is 21.7 Å². The number of hydrogen-bond acceptors (Lipinski definition) is 5. The molecule has 1 unspecified atom stereocenters. The number of carbonyl (C=O) groups is 2. The maximum atomic E-state index is 12.6. The molecule has 1 aromatic carbocycles. The van der Waals surface area contributed by atoms with Crippen LogP contribution in [0.2, 0.25) is 0 Å². The Morgan fingerprint density at radius 1 is 1.27 bits per heavy atom. The van der Waals surface area contributed by atoms with E-state index < -0.39 is 21.2 Å². The van der Waals surface area contributed by atoms with Gasteiger partial charge < -0.3 is 14.7 Å². The molecule has 1 aromatic rings. The molecule has 0 aromatic heterocycles. The molecule has 26 heavy (non-hydrogen) atoms. The number of sulfone groups is 1. The first-order valence-electron chi connectivity index (χ1n) is 8.56. The molecule has 144 valence electrons. The van der Waals surface area contributed by atoms with Gasteiger partial charge in [0.25, 0.3) is 0 Å². The summed E-state index contributed by atoms with van der Waals surface area (Å²) in [6, 6.07) is 6.27. The molecular weight excluding hydrogens is 358 g/mol. The van der Waals surface area contributed by atoms with Crippen molar-refractivity contribution in [2.45, 2.75) is 31.1 Å². The summed E-state index contributed by atoms with van der Waals surface area (Å²) in [6.45, 7) is 2.28. The summed E-state index contributed by atoms with van der Waals surface area (Å²) in [5.74, 6) is -1.10. The fraction of sp³-hybridized carbons (Fsp3) is 0.556. The molecule has 1 aliphatic rings. The van der Waals surface area contributed by atoms with Gasteiger partial charge in [0.2, 0.25) is 5.91 Å². The normalized spacial score (nSPS) is 20.8. The molecule has 0 radical (unpaired) electrons. The summed E-state index contributed by atoms with van der Waals surface area (Å²) in [6.07, 6.45) is 1.19. The molecule has 1 fully saturated rings. The molecule has 1 heterocycles. The van der Waals surface area contributed by atoms with Crippen LogP contribution < -0.4 is 0 Å². The van der Waals surface area contributed by atoms with E-state index in [1.165, 1.54) is 19.2 Å². The first-order chi connectivity index (χ1) is 12.2. The van der Waals surface area contributed by atoms with Crippen molar-refractivity contribution in [3.8, 4) is 0 Å². The number of rotatable bonds is 7. The number of aliphatic carboxylic acids is 1. The number of hydrogen-bond donors (Lipinski definition) is 1. The van der Waals surface area contributed by atoms with Crippen LogP contribution in [-0.2, 0) is 30.6 Å². The summed E-state index contributed by atoms with van der Waals surface area (Å²) in [7, 11) is -1.81. The lowest BCUT2D eigenvalue weighted by molar-refractivity contribution is -0.159. The highest BCUT2D eigenvalue weighted by molar-refractivity contribution is 7.91. The Kier molecular flexibility index (Phi) is 6.41. The van der Waals surface area contributed by atoms with Crippen molar-refractivity contribution < 1.29 is 27.9 Å². The molecule has 0 saturated carbocycles. The van der Waals surface area contributed by atoms with Crippen LogP contribution in [0, 0.1) is 5.41 Å². The number of carboxylic acid groups (broad SMARTS) is 1. The van der Waals surface area contributed by atoms with Crippen LogP contribution in [0.4, 0.5) is 0 Å². The number of carboxylic acids is 1. The molecule has 1 N–H and O–H groups in total. The lowest BCUT2D eigenvalue weighted by atomic mass is 9.80. The van der Waals surface area contributed by atoms with Crippen LogP contribution in [0.25, 0.3) is 0 Å². The van der Waals surface area contributed by atoms with Crippen molar-refractivity contribution in [3.05, 3.63) is 29.8 Å². The van der Waals surface area contributed by atoms with E-state index in [0.29, 0.717) is 24.9 Å². The number of piperidine rings is 1. The molecule has 1 saturated heterocycles. The maximum Gasteiger partial charge on any atom is 0.313 e. The quantitative estimate of drug-likeness (QED) is 0.763. The SMILES string of the molecule is CCS(=O)(=O)c1ccc(CC(=O)N2CCCC(COC)(C(=O)O)C2)cc1. The molecule has 1 aliphatic heterocycles. The van der Waals surface area contributed by atoms with Crippen molar-refractivity contribution in [1.29, 1.82) is 0 Å². The Labute approximate surface area is 153 Å². The van der Waals surface area contributed by atoms with E-state index in [1.807, 2.05) is 0 Å². The number of methoxy groups -OCH3 is 1. The first-order valence-corrected chi connectivity index (χ1v) is 10.2. The average molecular weight is 383 g/mol. The Balaban J connectivity index is 2.08. The number of carbonyl (C=O) groups excluding carboxylic acids is 1. The zero-order valence-electron chi connectivity index (χ0n) is 15.1. The van der Waals surface area contributed by atoms with Gasteiger partial charge in [0.1, 0.15) is 5.41 Å². The van der Waals surface area contributed by atoms with Crippen LogP contribution in [0.5, 0.6) is 0 Å². The summed E-state index contributed by atoms with van der Waals surface area (Å²) in [5, 5.41) is 9.56. The van der Waals surface area contributed by atoms with E-state index in [0.717, 1.165) is 0 Å². The second-order valence-corrected chi connectivity index (χ2v) is 8.94. The van der Waals surface area contributed by atoms with Crippen LogP contribution in [-0.4, -0.2) is 62.9 Å². The van der Waals surface area contributed by atoms with Crippen molar-refractivity contribution in [2.75, 3.05) is 32.6 Å². The van der Waals surface area contributed by atoms with Crippen LogP contribution in [0.15, 0.2) is 29.2 Å². The highest BCUT2D eigenvalue weighted by atomic mass is 32.2. The third kappa shape index (κ3) is 4.42. The molecule has 0 bridgehead atoms. The maximum absolute atomic E-state index is 12.6. The van der Waals surface area contributed by atoms with E-state index in [1.54, 1.807) is 24.0 Å². The van der Waals surface area contributed by atoms with Gasteiger partial charge >= 0.3 is 5.97 Å². The molecule has 2 rings (SSSR count). The lowest BCUT2D eigenvalue weighted by Gasteiger charge is -2.39. The summed E-state index contributed by atoms with van der Waals surface area (Å²) in [4.78, 5) is 26.1. The van der Waals surface area contributed by atoms with Crippen molar-refractivity contribution in [1.82, 2.24) is 4.90 Å². The molecule has 7 nitrogen and oxygen atoms in total. The monoisotopic (exact) mass is 383 g/mol. The Morgan fingerprint density at radius 3 is 2.46 bits per heavy atom. The smallest absolute Gasteiger partial charge is 0.313 e. The van der Waals surface area contributed by atoms with E-state index in [9.17, 15) is 23.1 Å². The van der Waals surface area contributed by atoms with Gasteiger partial charge in [-0.05, 0) is 30.5 Å². The Hall–Kier alpha value is -1.93. The van der Waals surface area contributed by atoms with Gasteiger partial charge in [-0.15, -0.1) is 0 Å². The van der Waals surface area contributed by atoms with Crippen LogP contribution in [0.1, 0.15) is 25.3 Å². The number of amides is 1. The number of likely N-dealkylation sites (tertiary alicyclic amines) is 1. The third-order valence-electron chi connectivity index (χ3n) is 4.82. The second-order valence-electron chi connectivity index (χ2n) is 6.66. The average Bonchev–Trinajstić information content (AvgIpc) is 2.62. The van der Waals surface area contributed by atoms with Crippen molar-refractivity contribution in [3.63, 3.8) is 0 Å². The summed E-state index contributed by atoms with van der Waals surface area (Å²) < 4.78 is 28.7. The number of nitrogens with zero attached hydrogens (tertiary/aromatic N) is 1. The molecule has 8 heteroatoms.